The van der Waals surface area contributed by atoms with Gasteiger partial charge < -0.3 is 30.5 Å². The van der Waals surface area contributed by atoms with Crippen molar-refractivity contribution in [1.29, 1.82) is 0 Å². The van der Waals surface area contributed by atoms with Gasteiger partial charge in [-0.1, -0.05) is 45.4 Å². The van der Waals surface area contributed by atoms with E-state index in [0.717, 1.165) is 19.3 Å². The Morgan fingerprint density at radius 1 is 1.00 bits per heavy atom. The van der Waals surface area contributed by atoms with Crippen molar-refractivity contribution in [2.75, 3.05) is 13.7 Å². The van der Waals surface area contributed by atoms with Crippen LogP contribution >= 0.6 is 0 Å². The lowest BCUT2D eigenvalue weighted by Crippen LogP contribution is -2.69. The third-order valence-corrected chi connectivity index (χ3v) is 4.54. The second-order valence-electron chi connectivity index (χ2n) is 6.30. The van der Waals surface area contributed by atoms with Crippen LogP contribution < -0.4 is 5.32 Å². The van der Waals surface area contributed by atoms with Crippen LogP contribution in [0.25, 0.3) is 0 Å². The minimum absolute atomic E-state index is 0.368. The van der Waals surface area contributed by atoms with Crippen molar-refractivity contribution in [1.82, 2.24) is 5.32 Å². The van der Waals surface area contributed by atoms with Gasteiger partial charge in [0.15, 0.2) is 5.79 Å². The van der Waals surface area contributed by atoms with Gasteiger partial charge in [-0.2, -0.15) is 0 Å². The molecule has 1 rings (SSSR count). The molecule has 1 saturated heterocycles. The maximum atomic E-state index is 10.7. The first kappa shape index (κ1) is 19.8. The van der Waals surface area contributed by atoms with E-state index in [4.69, 9.17) is 4.74 Å². The van der Waals surface area contributed by atoms with Crippen molar-refractivity contribution in [2.45, 2.75) is 88.4 Å². The largest absolute Gasteiger partial charge is 0.394 e. The second kappa shape index (κ2) is 9.80. The van der Waals surface area contributed by atoms with Crippen LogP contribution in [0.2, 0.25) is 0 Å². The Morgan fingerprint density at radius 2 is 1.59 bits per heavy atom. The number of likely N-dealkylation sites (N-methyl/N-ethyl adjacent to an activating group) is 1. The predicted molar refractivity (Wildman–Crippen MR) is 84.4 cm³/mol. The number of hydrogen-bond acceptors (Lipinski definition) is 6. The molecule has 0 aromatic heterocycles. The van der Waals surface area contributed by atoms with Gasteiger partial charge in [0.1, 0.15) is 18.3 Å². The third-order valence-electron chi connectivity index (χ3n) is 4.54. The quantitative estimate of drug-likeness (QED) is 0.376. The van der Waals surface area contributed by atoms with Crippen LogP contribution in [-0.4, -0.2) is 64.2 Å². The van der Waals surface area contributed by atoms with Gasteiger partial charge in [-0.25, -0.2) is 0 Å². The summed E-state index contributed by atoms with van der Waals surface area (Å²) in [5, 5.41) is 42.7. The van der Waals surface area contributed by atoms with Gasteiger partial charge in [0.2, 0.25) is 0 Å². The summed E-state index contributed by atoms with van der Waals surface area (Å²) in [7, 11) is 1.61. The average Bonchev–Trinajstić information content (AvgIpc) is 2.50. The Morgan fingerprint density at radius 3 is 2.14 bits per heavy atom. The van der Waals surface area contributed by atoms with Gasteiger partial charge in [0, 0.05) is 6.42 Å². The Balaban J connectivity index is 2.46. The molecule has 5 atom stereocenters. The zero-order valence-electron chi connectivity index (χ0n) is 13.9. The van der Waals surface area contributed by atoms with Crippen molar-refractivity contribution in [2.24, 2.45) is 0 Å². The van der Waals surface area contributed by atoms with Crippen LogP contribution in [0.1, 0.15) is 58.3 Å². The minimum Gasteiger partial charge on any atom is -0.394 e. The van der Waals surface area contributed by atoms with E-state index >= 15 is 0 Å². The van der Waals surface area contributed by atoms with Gasteiger partial charge in [0.05, 0.1) is 12.6 Å². The van der Waals surface area contributed by atoms with E-state index in [1.165, 1.54) is 25.7 Å². The Labute approximate surface area is 133 Å². The van der Waals surface area contributed by atoms with Crippen LogP contribution in [-0.2, 0) is 4.74 Å². The summed E-state index contributed by atoms with van der Waals surface area (Å²) in [5.74, 6) is -1.57. The summed E-state index contributed by atoms with van der Waals surface area (Å²) < 4.78 is 5.49. The lowest BCUT2D eigenvalue weighted by Gasteiger charge is -2.47. The van der Waals surface area contributed by atoms with E-state index < -0.39 is 36.7 Å². The smallest absolute Gasteiger partial charge is 0.184 e. The molecule has 5 N–H and O–H groups in total. The van der Waals surface area contributed by atoms with Crippen molar-refractivity contribution in [3.8, 4) is 0 Å². The maximum absolute atomic E-state index is 10.7. The Bertz CT molecular complexity index is 304. The van der Waals surface area contributed by atoms with Gasteiger partial charge in [-0.05, 0) is 13.5 Å². The Hall–Kier alpha value is -0.240. The first-order chi connectivity index (χ1) is 10.5. The van der Waals surface area contributed by atoms with E-state index in [1.807, 2.05) is 0 Å². The number of hydrogen-bond donors (Lipinski definition) is 5. The molecule has 1 heterocycles. The predicted octanol–water partition coefficient (Wildman–Crippen LogP) is 0.517. The van der Waals surface area contributed by atoms with Crippen LogP contribution in [0.3, 0.4) is 0 Å². The number of unbranched alkanes of at least 4 members (excludes halogenated alkanes) is 6. The summed E-state index contributed by atoms with van der Waals surface area (Å²) in [5.41, 5.74) is 0. The Kier molecular flexibility index (Phi) is 8.82. The number of nitrogens with one attached hydrogen (secondary N) is 1. The van der Waals surface area contributed by atoms with E-state index in [1.54, 1.807) is 7.05 Å². The fourth-order valence-electron chi connectivity index (χ4n) is 3.18. The van der Waals surface area contributed by atoms with Crippen molar-refractivity contribution in [3.63, 3.8) is 0 Å². The van der Waals surface area contributed by atoms with E-state index in [-0.39, 0.29) is 0 Å². The number of ether oxygens (including phenoxy) is 1. The SMILES string of the molecule is CCCCCCCCCC1(O)O[C@H](CO)[C@@H](O)[C@H](O)[C@H]1NC. The van der Waals surface area contributed by atoms with Crippen LogP contribution in [0, 0.1) is 0 Å². The molecule has 6 heteroatoms. The average molecular weight is 319 g/mol. The molecule has 0 spiro atoms. The van der Waals surface area contributed by atoms with E-state index in [9.17, 15) is 20.4 Å². The molecule has 1 aliphatic heterocycles. The standard InChI is InChI=1S/C16H33NO5/c1-3-4-5-6-7-8-9-10-16(21)15(17-2)14(20)13(19)12(11-18)22-16/h12-15,17-21H,3-11H2,1-2H3/t12-,13-,14+,15-,16?/m1/s1. The van der Waals surface area contributed by atoms with Gasteiger partial charge in [-0.15, -0.1) is 0 Å². The van der Waals surface area contributed by atoms with Gasteiger partial charge >= 0.3 is 0 Å². The molecule has 1 aliphatic rings. The molecule has 1 fully saturated rings. The molecule has 0 aromatic rings. The van der Waals surface area contributed by atoms with Crippen molar-refractivity contribution < 1.29 is 25.2 Å². The first-order valence-electron chi connectivity index (χ1n) is 8.54. The van der Waals surface area contributed by atoms with Gasteiger partial charge in [0.25, 0.3) is 0 Å². The number of aliphatic hydroxyl groups excluding tert-OH is 3. The lowest BCUT2D eigenvalue weighted by molar-refractivity contribution is -0.321. The highest BCUT2D eigenvalue weighted by Gasteiger charge is 2.51. The van der Waals surface area contributed by atoms with E-state index in [2.05, 4.69) is 12.2 Å². The summed E-state index contributed by atoms with van der Waals surface area (Å²) in [4.78, 5) is 0. The summed E-state index contributed by atoms with van der Waals surface area (Å²) in [6.45, 7) is 1.75. The maximum Gasteiger partial charge on any atom is 0.184 e. The molecule has 0 saturated carbocycles. The molecule has 0 bridgehead atoms. The zero-order valence-corrected chi connectivity index (χ0v) is 13.9. The third kappa shape index (κ3) is 5.15. The molecule has 0 aliphatic carbocycles. The van der Waals surface area contributed by atoms with Crippen LogP contribution in [0.5, 0.6) is 0 Å². The minimum atomic E-state index is -1.57. The highest BCUT2D eigenvalue weighted by atomic mass is 16.6. The zero-order chi connectivity index (χ0) is 16.6. The normalized spacial score (nSPS) is 35.7. The van der Waals surface area contributed by atoms with Crippen molar-refractivity contribution in [3.05, 3.63) is 0 Å². The number of rotatable bonds is 10. The lowest BCUT2D eigenvalue weighted by atomic mass is 9.87. The first-order valence-corrected chi connectivity index (χ1v) is 8.54. The fourth-order valence-corrected chi connectivity index (χ4v) is 3.18. The molecule has 22 heavy (non-hydrogen) atoms. The highest BCUT2D eigenvalue weighted by Crippen LogP contribution is 2.32. The molecule has 0 aromatic carbocycles. The second-order valence-corrected chi connectivity index (χ2v) is 6.30. The van der Waals surface area contributed by atoms with Crippen molar-refractivity contribution >= 4 is 0 Å². The van der Waals surface area contributed by atoms with Crippen LogP contribution in [0.4, 0.5) is 0 Å². The molecule has 0 amide bonds. The molecule has 0 radical (unpaired) electrons. The molecule has 6 nitrogen and oxygen atoms in total. The molecule has 1 unspecified atom stereocenters. The molecular weight excluding hydrogens is 286 g/mol. The summed E-state index contributed by atoms with van der Waals surface area (Å²) >= 11 is 0. The number of aliphatic hydroxyl groups is 4. The summed E-state index contributed by atoms with van der Waals surface area (Å²) in [6, 6.07) is -0.773. The van der Waals surface area contributed by atoms with Gasteiger partial charge in [-0.3, -0.25) is 0 Å². The monoisotopic (exact) mass is 319 g/mol. The van der Waals surface area contributed by atoms with E-state index in [0.29, 0.717) is 6.42 Å². The molecule has 132 valence electrons. The summed E-state index contributed by atoms with van der Waals surface area (Å²) in [6.07, 6.45) is 4.84. The molecular formula is C16H33NO5. The van der Waals surface area contributed by atoms with Crippen LogP contribution in [0.15, 0.2) is 0 Å². The topological polar surface area (TPSA) is 102 Å². The highest BCUT2D eigenvalue weighted by molar-refractivity contribution is 4.99. The fraction of sp³-hybridized carbons (Fsp3) is 1.00.